The van der Waals surface area contributed by atoms with Crippen molar-refractivity contribution in [2.45, 2.75) is 6.42 Å². The second-order valence-electron chi connectivity index (χ2n) is 1.61. The van der Waals surface area contributed by atoms with Crippen LogP contribution in [-0.2, 0) is 9.53 Å². The number of allylic oxidation sites excluding steroid dienone is 3. The van der Waals surface area contributed by atoms with Crippen molar-refractivity contribution in [2.75, 3.05) is 0 Å². The Kier molecular flexibility index (Phi) is 1.90. The summed E-state index contributed by atoms with van der Waals surface area (Å²) in [6.45, 7) is 0. The molecule has 1 aliphatic rings. The number of aldehydes is 1. The van der Waals surface area contributed by atoms with Gasteiger partial charge in [0.25, 0.3) is 0 Å². The summed E-state index contributed by atoms with van der Waals surface area (Å²) in [5, 5.41) is 0.612. The molecule has 0 radical (unpaired) electrons. The van der Waals surface area contributed by atoms with Crippen LogP contribution in [0.25, 0.3) is 0 Å². The van der Waals surface area contributed by atoms with E-state index in [2.05, 4.69) is 0 Å². The molecule has 0 aromatic rings. The topological polar surface area (TPSA) is 26.3 Å². The maximum absolute atomic E-state index is 10.0. The van der Waals surface area contributed by atoms with E-state index in [9.17, 15) is 4.79 Å². The molecule has 0 aromatic heterocycles. The Morgan fingerprint density at radius 1 is 1.78 bits per heavy atom. The third-order valence-corrected chi connectivity index (χ3v) is 1.18. The minimum Gasteiger partial charge on any atom is -0.461 e. The Balaban J connectivity index is 2.58. The van der Waals surface area contributed by atoms with E-state index < -0.39 is 0 Å². The summed E-state index contributed by atoms with van der Waals surface area (Å²) in [6, 6.07) is 0. The van der Waals surface area contributed by atoms with Crippen molar-refractivity contribution in [3.63, 3.8) is 0 Å². The lowest BCUT2D eigenvalue weighted by Gasteiger charge is -2.04. The zero-order chi connectivity index (χ0) is 6.69. The molecule has 0 N–H and O–H groups in total. The monoisotopic (exact) mass is 144 g/mol. The van der Waals surface area contributed by atoms with Crippen molar-refractivity contribution < 1.29 is 9.53 Å². The van der Waals surface area contributed by atoms with Crippen LogP contribution in [-0.4, -0.2) is 6.29 Å². The van der Waals surface area contributed by atoms with Gasteiger partial charge < -0.3 is 4.74 Å². The van der Waals surface area contributed by atoms with Crippen LogP contribution in [0.1, 0.15) is 6.42 Å². The molecule has 0 aromatic carbocycles. The fraction of sp³-hybridized carbons (Fsp3) is 0.167. The van der Waals surface area contributed by atoms with Gasteiger partial charge in [0.05, 0.1) is 5.03 Å². The van der Waals surface area contributed by atoms with Crippen molar-refractivity contribution in [1.82, 2.24) is 0 Å². The van der Waals surface area contributed by atoms with E-state index in [1.807, 2.05) is 0 Å². The first kappa shape index (κ1) is 6.36. The van der Waals surface area contributed by atoms with E-state index in [0.29, 0.717) is 23.5 Å². The Bertz CT molecular complexity index is 181. The number of carbonyl (C=O) groups excluding carboxylic acids is 1. The highest BCUT2D eigenvalue weighted by molar-refractivity contribution is 6.29. The average molecular weight is 145 g/mol. The van der Waals surface area contributed by atoms with Gasteiger partial charge in [-0.1, -0.05) is 11.6 Å². The summed E-state index contributed by atoms with van der Waals surface area (Å²) < 4.78 is 4.74. The lowest BCUT2D eigenvalue weighted by Crippen LogP contribution is -1.92. The Labute approximate surface area is 57.8 Å². The summed E-state index contributed by atoms with van der Waals surface area (Å²) in [7, 11) is 0. The first-order valence-electron chi connectivity index (χ1n) is 2.49. The van der Waals surface area contributed by atoms with Gasteiger partial charge in [0.15, 0.2) is 12.0 Å². The predicted molar refractivity (Wildman–Crippen MR) is 33.8 cm³/mol. The molecule has 0 saturated heterocycles. The third-order valence-electron chi connectivity index (χ3n) is 0.937. The maximum Gasteiger partial charge on any atom is 0.184 e. The quantitative estimate of drug-likeness (QED) is 0.523. The van der Waals surface area contributed by atoms with Crippen LogP contribution >= 0.6 is 11.6 Å². The second kappa shape index (κ2) is 2.69. The first-order chi connectivity index (χ1) is 4.33. The van der Waals surface area contributed by atoms with Crippen molar-refractivity contribution in [1.29, 1.82) is 0 Å². The number of carbonyl (C=O) groups is 1. The zero-order valence-corrected chi connectivity index (χ0v) is 5.39. The van der Waals surface area contributed by atoms with Crippen LogP contribution in [0, 0.1) is 0 Å². The number of hydrogen-bond acceptors (Lipinski definition) is 2. The van der Waals surface area contributed by atoms with Gasteiger partial charge in [-0.05, 0) is 6.08 Å². The van der Waals surface area contributed by atoms with Gasteiger partial charge in [-0.3, -0.25) is 4.79 Å². The number of rotatable bonds is 1. The molecule has 48 valence electrons. The SMILES string of the molecule is O=CC1=CCC(Cl)=CO1. The molecule has 9 heavy (non-hydrogen) atoms. The summed E-state index contributed by atoms with van der Waals surface area (Å²) >= 11 is 5.51. The predicted octanol–water partition coefficient (Wildman–Crippen LogP) is 1.57. The van der Waals surface area contributed by atoms with Gasteiger partial charge >= 0.3 is 0 Å². The van der Waals surface area contributed by atoms with Gasteiger partial charge in [0.2, 0.25) is 0 Å². The standard InChI is InChI=1S/C6H5ClO2/c7-5-1-2-6(3-8)9-4-5/h2-4H,1H2. The fourth-order valence-corrected chi connectivity index (χ4v) is 0.624. The van der Waals surface area contributed by atoms with E-state index in [0.717, 1.165) is 0 Å². The van der Waals surface area contributed by atoms with Crippen LogP contribution in [0.15, 0.2) is 23.1 Å². The smallest absolute Gasteiger partial charge is 0.184 e. The molecule has 1 aliphatic heterocycles. The molecular weight excluding hydrogens is 140 g/mol. The zero-order valence-electron chi connectivity index (χ0n) is 4.63. The molecular formula is C6H5ClO2. The highest BCUT2D eigenvalue weighted by atomic mass is 35.5. The lowest BCUT2D eigenvalue weighted by atomic mass is 10.3. The molecule has 0 saturated carbocycles. The van der Waals surface area contributed by atoms with Gasteiger partial charge in [-0.2, -0.15) is 0 Å². The van der Waals surface area contributed by atoms with E-state index in [4.69, 9.17) is 16.3 Å². The minimum absolute atomic E-state index is 0.333. The Hall–Kier alpha value is -0.760. The summed E-state index contributed by atoms with van der Waals surface area (Å²) in [5.41, 5.74) is 0. The van der Waals surface area contributed by atoms with Gasteiger partial charge in [-0.15, -0.1) is 0 Å². The van der Waals surface area contributed by atoms with E-state index >= 15 is 0 Å². The van der Waals surface area contributed by atoms with Crippen molar-refractivity contribution in [2.24, 2.45) is 0 Å². The van der Waals surface area contributed by atoms with Crippen LogP contribution in [0.4, 0.5) is 0 Å². The molecule has 1 heterocycles. The summed E-state index contributed by atoms with van der Waals surface area (Å²) in [6.07, 6.45) is 4.25. The number of hydrogen-bond donors (Lipinski definition) is 0. The number of ether oxygens (including phenoxy) is 1. The van der Waals surface area contributed by atoms with Crippen LogP contribution in [0.2, 0.25) is 0 Å². The van der Waals surface area contributed by atoms with E-state index in [1.165, 1.54) is 6.26 Å². The van der Waals surface area contributed by atoms with Crippen molar-refractivity contribution in [3.05, 3.63) is 23.1 Å². The van der Waals surface area contributed by atoms with E-state index in [1.54, 1.807) is 6.08 Å². The Morgan fingerprint density at radius 3 is 3.00 bits per heavy atom. The Morgan fingerprint density at radius 2 is 2.56 bits per heavy atom. The molecule has 0 amide bonds. The molecule has 0 aliphatic carbocycles. The van der Waals surface area contributed by atoms with Gasteiger partial charge in [0, 0.05) is 6.42 Å². The van der Waals surface area contributed by atoms with Crippen LogP contribution in [0.5, 0.6) is 0 Å². The summed E-state index contributed by atoms with van der Waals surface area (Å²) in [5.74, 6) is 0.333. The van der Waals surface area contributed by atoms with Crippen molar-refractivity contribution >= 4 is 17.9 Å². The number of halogens is 1. The molecule has 0 atom stereocenters. The normalized spacial score (nSPS) is 17.4. The van der Waals surface area contributed by atoms with Crippen molar-refractivity contribution in [3.8, 4) is 0 Å². The van der Waals surface area contributed by atoms with E-state index in [-0.39, 0.29) is 0 Å². The maximum atomic E-state index is 10.0. The van der Waals surface area contributed by atoms with Gasteiger partial charge in [0.1, 0.15) is 6.26 Å². The second-order valence-corrected chi connectivity index (χ2v) is 2.10. The minimum atomic E-state index is 0.333. The summed E-state index contributed by atoms with van der Waals surface area (Å²) in [4.78, 5) is 10.0. The molecule has 0 fully saturated rings. The highest BCUT2D eigenvalue weighted by Crippen LogP contribution is 2.15. The first-order valence-corrected chi connectivity index (χ1v) is 2.87. The molecule has 0 unspecified atom stereocenters. The average Bonchev–Trinajstić information content (AvgIpc) is 1.90. The molecule has 1 rings (SSSR count). The lowest BCUT2D eigenvalue weighted by molar-refractivity contribution is -0.107. The fourth-order valence-electron chi connectivity index (χ4n) is 0.502. The van der Waals surface area contributed by atoms with Gasteiger partial charge in [-0.25, -0.2) is 0 Å². The highest BCUT2D eigenvalue weighted by Gasteiger charge is 2.01. The largest absolute Gasteiger partial charge is 0.461 e. The molecule has 0 spiro atoms. The molecule has 2 nitrogen and oxygen atoms in total. The molecule has 3 heteroatoms. The van der Waals surface area contributed by atoms with Crippen LogP contribution in [0.3, 0.4) is 0 Å². The van der Waals surface area contributed by atoms with Crippen LogP contribution < -0.4 is 0 Å². The molecule has 0 bridgehead atoms. The third kappa shape index (κ3) is 1.57.